The van der Waals surface area contributed by atoms with Gasteiger partial charge >= 0.3 is 0 Å². The average molecular weight is 647 g/mol. The van der Waals surface area contributed by atoms with Gasteiger partial charge in [-0.25, -0.2) is 0 Å². The monoisotopic (exact) mass is 646 g/mol. The number of amides is 2. The molecule has 0 radical (unpaired) electrons. The van der Waals surface area contributed by atoms with Gasteiger partial charge in [0, 0.05) is 39.2 Å². The summed E-state index contributed by atoms with van der Waals surface area (Å²) in [5.41, 5.74) is 1.73. The number of aliphatic hydroxyl groups is 2. The molecule has 0 aromatic heterocycles. The van der Waals surface area contributed by atoms with Crippen LogP contribution in [0.15, 0.2) is 60.7 Å². The molecular weight excluding hydrogens is 604 g/mol. The van der Waals surface area contributed by atoms with Gasteiger partial charge in [-0.05, 0) is 0 Å². The van der Waals surface area contributed by atoms with Crippen LogP contribution in [0.4, 0.5) is 0 Å². The molecule has 4 fully saturated rings. The number of hydrogen-bond donors (Lipinski definition) is 4. The van der Waals surface area contributed by atoms with Crippen LogP contribution in [0.3, 0.4) is 0 Å². The van der Waals surface area contributed by atoms with E-state index in [-0.39, 0.29) is 25.0 Å². The molecule has 46 heavy (non-hydrogen) atoms. The van der Waals surface area contributed by atoms with Crippen molar-refractivity contribution in [1.82, 2.24) is 10.6 Å². The topological polar surface area (TPSA) is 172 Å². The van der Waals surface area contributed by atoms with Crippen LogP contribution in [0.2, 0.25) is 0 Å². The predicted molar refractivity (Wildman–Crippen MR) is 159 cm³/mol. The minimum Gasteiger partial charge on any atom is -0.388 e. The number of ether oxygens (including phenoxy) is 8. The van der Waals surface area contributed by atoms with Gasteiger partial charge in [0.2, 0.25) is 11.8 Å². The Balaban J connectivity index is 0.000000181. The second-order valence-corrected chi connectivity index (χ2v) is 11.3. The number of nitrogens with one attached hydrogen (secondary N) is 2. The minimum atomic E-state index is -0.960. The van der Waals surface area contributed by atoms with Crippen LogP contribution in [0.25, 0.3) is 0 Å². The van der Waals surface area contributed by atoms with Gasteiger partial charge in [0.05, 0.1) is 13.2 Å². The molecule has 4 N–H and O–H groups in total. The SMILES string of the molecule is COC1OC2COC(c3ccccc3)OC2C(O)C1NC(C)=O.COC1OC2COC(c3ccccc3)OC2C(O)C1NC(C)=O. The molecule has 12 atom stereocenters. The van der Waals surface area contributed by atoms with Gasteiger partial charge in [0.15, 0.2) is 25.2 Å². The van der Waals surface area contributed by atoms with Crippen molar-refractivity contribution in [2.75, 3.05) is 27.4 Å². The zero-order valence-electron chi connectivity index (χ0n) is 26.1. The molecule has 2 amide bonds. The molecule has 2 aromatic carbocycles. The van der Waals surface area contributed by atoms with Crippen LogP contribution in [-0.2, 0) is 47.5 Å². The van der Waals surface area contributed by atoms with Crippen LogP contribution in [0.1, 0.15) is 37.6 Å². The fraction of sp³-hybridized carbons (Fsp3) is 0.562. The molecule has 14 heteroatoms. The standard InChI is InChI=1S/2C16H21NO6/c2*1-9(18)17-12-13(19)14-11(22-16(12)20-2)8-21-15(23-14)10-6-4-3-5-7-10/h2*3-7,11-16,19H,8H2,1-2H3,(H,17,18). The molecule has 4 aliphatic rings. The highest BCUT2D eigenvalue weighted by Crippen LogP contribution is 2.35. The first-order chi connectivity index (χ1) is 22.2. The first-order valence-corrected chi connectivity index (χ1v) is 15.1. The molecule has 0 saturated carbocycles. The Morgan fingerprint density at radius 3 is 1.35 bits per heavy atom. The first kappa shape index (κ1) is 34.3. The number of carbonyl (C=O) groups is 2. The molecule has 12 unspecified atom stereocenters. The lowest BCUT2D eigenvalue weighted by Crippen LogP contribution is -2.66. The predicted octanol–water partition coefficient (Wildman–Crippen LogP) is 0.675. The van der Waals surface area contributed by atoms with Gasteiger partial charge in [-0.3, -0.25) is 9.59 Å². The van der Waals surface area contributed by atoms with E-state index in [2.05, 4.69) is 10.6 Å². The number of fused-ring (bicyclic) bond motifs is 2. The average Bonchev–Trinajstić information content (AvgIpc) is 3.07. The lowest BCUT2D eigenvalue weighted by molar-refractivity contribution is -0.341. The maximum atomic E-state index is 11.4. The highest BCUT2D eigenvalue weighted by Gasteiger charge is 2.51. The molecular formula is C32H42N2O12. The third kappa shape index (κ3) is 7.91. The summed E-state index contributed by atoms with van der Waals surface area (Å²) in [6.07, 6.45) is -6.73. The fourth-order valence-electron chi connectivity index (χ4n) is 5.92. The van der Waals surface area contributed by atoms with Crippen molar-refractivity contribution in [3.05, 3.63) is 71.8 Å². The van der Waals surface area contributed by atoms with Gasteiger partial charge in [-0.2, -0.15) is 0 Å². The molecule has 14 nitrogen and oxygen atoms in total. The van der Waals surface area contributed by atoms with Crippen LogP contribution in [0, 0.1) is 0 Å². The van der Waals surface area contributed by atoms with Gasteiger partial charge in [0.25, 0.3) is 0 Å². The maximum absolute atomic E-state index is 11.4. The second kappa shape index (κ2) is 15.7. The summed E-state index contributed by atoms with van der Waals surface area (Å²) in [7, 11) is 2.92. The normalized spacial score (nSPS) is 37.0. The first-order valence-electron chi connectivity index (χ1n) is 15.1. The van der Waals surface area contributed by atoms with Crippen molar-refractivity contribution in [3.8, 4) is 0 Å². The van der Waals surface area contributed by atoms with Crippen molar-refractivity contribution in [2.24, 2.45) is 0 Å². The Bertz CT molecular complexity index is 1170. The van der Waals surface area contributed by atoms with Gasteiger partial charge < -0.3 is 58.7 Å². The summed E-state index contributed by atoms with van der Waals surface area (Å²) >= 11 is 0. The van der Waals surface area contributed by atoms with E-state index in [1.165, 1.54) is 28.1 Å². The number of hydrogen-bond acceptors (Lipinski definition) is 12. The van der Waals surface area contributed by atoms with E-state index in [4.69, 9.17) is 37.9 Å². The maximum Gasteiger partial charge on any atom is 0.217 e. The largest absolute Gasteiger partial charge is 0.388 e. The van der Waals surface area contributed by atoms with Gasteiger partial charge in [-0.1, -0.05) is 60.7 Å². The molecule has 4 heterocycles. The third-order valence-corrected chi connectivity index (χ3v) is 8.08. The number of aliphatic hydroxyl groups excluding tert-OH is 2. The van der Waals surface area contributed by atoms with E-state index in [1.54, 1.807) is 0 Å². The minimum absolute atomic E-state index is 0.272. The summed E-state index contributed by atoms with van der Waals surface area (Å²) in [5.74, 6) is -0.547. The van der Waals surface area contributed by atoms with E-state index in [9.17, 15) is 19.8 Å². The molecule has 4 aliphatic heterocycles. The third-order valence-electron chi connectivity index (χ3n) is 8.08. The summed E-state index contributed by atoms with van der Waals surface area (Å²) in [6, 6.07) is 17.6. The highest BCUT2D eigenvalue weighted by molar-refractivity contribution is 5.73. The quantitative estimate of drug-likeness (QED) is 0.346. The zero-order valence-corrected chi connectivity index (χ0v) is 26.1. The van der Waals surface area contributed by atoms with Crippen molar-refractivity contribution < 1.29 is 57.7 Å². The van der Waals surface area contributed by atoms with Crippen molar-refractivity contribution >= 4 is 11.8 Å². The van der Waals surface area contributed by atoms with E-state index < -0.39 is 73.9 Å². The summed E-state index contributed by atoms with van der Waals surface area (Å²) < 4.78 is 45.1. The van der Waals surface area contributed by atoms with E-state index in [0.29, 0.717) is 0 Å². The number of rotatable bonds is 6. The Hall–Kier alpha value is -3.02. The summed E-state index contributed by atoms with van der Waals surface area (Å²) in [6.45, 7) is 3.30. The summed E-state index contributed by atoms with van der Waals surface area (Å²) in [5, 5.41) is 26.6. The molecule has 0 spiro atoms. The number of methoxy groups -OCH3 is 2. The van der Waals surface area contributed by atoms with Crippen molar-refractivity contribution in [2.45, 2.75) is 87.7 Å². The van der Waals surface area contributed by atoms with Crippen LogP contribution < -0.4 is 10.6 Å². The Morgan fingerprint density at radius 1 is 0.652 bits per heavy atom. The second-order valence-electron chi connectivity index (χ2n) is 11.3. The molecule has 2 aromatic rings. The van der Waals surface area contributed by atoms with Gasteiger partial charge in [0.1, 0.15) is 48.7 Å². The smallest absolute Gasteiger partial charge is 0.217 e. The van der Waals surface area contributed by atoms with E-state index >= 15 is 0 Å². The molecule has 0 bridgehead atoms. The van der Waals surface area contributed by atoms with Gasteiger partial charge in [-0.15, -0.1) is 0 Å². The Morgan fingerprint density at radius 2 is 1.02 bits per heavy atom. The van der Waals surface area contributed by atoms with E-state index in [1.807, 2.05) is 60.7 Å². The molecule has 252 valence electrons. The fourth-order valence-corrected chi connectivity index (χ4v) is 5.92. The Kier molecular flexibility index (Phi) is 11.7. The van der Waals surface area contributed by atoms with Crippen molar-refractivity contribution in [3.63, 3.8) is 0 Å². The lowest BCUT2D eigenvalue weighted by atomic mass is 9.95. The van der Waals surface area contributed by atoms with Crippen LogP contribution in [0.5, 0.6) is 0 Å². The highest BCUT2D eigenvalue weighted by atomic mass is 16.8. The van der Waals surface area contributed by atoms with Crippen LogP contribution >= 0.6 is 0 Å². The zero-order chi connectivity index (χ0) is 32.8. The Labute approximate surface area is 267 Å². The summed E-state index contributed by atoms with van der Waals surface area (Å²) in [4.78, 5) is 22.7. The molecule has 6 rings (SSSR count). The van der Waals surface area contributed by atoms with E-state index in [0.717, 1.165) is 11.1 Å². The van der Waals surface area contributed by atoms with Crippen LogP contribution in [-0.4, -0.2) is 111 Å². The van der Waals surface area contributed by atoms with Crippen molar-refractivity contribution in [1.29, 1.82) is 0 Å². The molecule has 0 aliphatic carbocycles. The molecule has 4 saturated heterocycles. The lowest BCUT2D eigenvalue weighted by Gasteiger charge is -2.47. The number of benzene rings is 2. The number of carbonyl (C=O) groups excluding carboxylic acids is 2.